The molecule has 0 saturated heterocycles. The van der Waals surface area contributed by atoms with Gasteiger partial charge in [0.15, 0.2) is 0 Å². The van der Waals surface area contributed by atoms with Crippen LogP contribution in [0.4, 0.5) is 0 Å². The Kier molecular flexibility index (Phi) is 12.3. The monoisotopic (exact) mass is 912 g/mol. The fourth-order valence-corrected chi connectivity index (χ4v) is 20.3. The van der Waals surface area contributed by atoms with E-state index in [4.69, 9.17) is 0 Å². The molecule has 4 aliphatic carbocycles. The summed E-state index contributed by atoms with van der Waals surface area (Å²) in [6.07, 6.45) is 11.7. The molecule has 314 valence electrons. The molecule has 0 heterocycles. The molecule has 0 aromatic heterocycles. The Morgan fingerprint density at radius 2 is 0.967 bits per heavy atom. The van der Waals surface area contributed by atoms with Crippen molar-refractivity contribution in [1.82, 2.24) is 0 Å². The van der Waals surface area contributed by atoms with E-state index in [0.29, 0.717) is 9.54 Å². The molecule has 8 rings (SSSR count). The SMILES string of the molecule is CCC1C=C(C(C)(C)C)C=[C]1[Zr+2](=[C](c1ccc(C)cc1)c1ccc(C)cc1)[CH]1c2cc3c(cc2-c2cc4c(cc21)C(C)(C)C=C4C(C)(C)C)C(C(C)(C)C)=CC3(C)C.[Cl-].[Cl-]. The molecule has 0 amide bonds. The zero-order chi connectivity index (χ0) is 42.1. The predicted octanol–water partition coefficient (Wildman–Crippen LogP) is 9.61. The van der Waals surface area contributed by atoms with Gasteiger partial charge >= 0.3 is 362 Å². The van der Waals surface area contributed by atoms with Crippen LogP contribution in [0.2, 0.25) is 0 Å². The van der Waals surface area contributed by atoms with Crippen molar-refractivity contribution in [3.8, 4) is 11.1 Å². The third-order valence-electron chi connectivity index (χ3n) is 13.8. The number of rotatable bonds is 5. The molecule has 0 saturated carbocycles. The maximum Gasteiger partial charge on any atom is -1.00 e. The third-order valence-corrected chi connectivity index (χ3v) is 22.3. The summed E-state index contributed by atoms with van der Waals surface area (Å²) < 4.78 is 3.73. The van der Waals surface area contributed by atoms with Crippen molar-refractivity contribution < 1.29 is 46.1 Å². The number of hydrogen-bond donors (Lipinski definition) is 0. The molecule has 0 nitrogen and oxygen atoms in total. The number of halogens is 2. The normalized spacial score (nSPS) is 18.4. The summed E-state index contributed by atoms with van der Waals surface area (Å²) in [5, 5.41) is 0. The topological polar surface area (TPSA) is 0 Å². The Labute approximate surface area is 384 Å². The number of aryl methyl sites for hydroxylation is 2. The number of fused-ring (bicyclic) bond motifs is 5. The Morgan fingerprint density at radius 1 is 0.567 bits per heavy atom. The van der Waals surface area contributed by atoms with Crippen LogP contribution in [0, 0.1) is 36.0 Å². The van der Waals surface area contributed by atoms with Gasteiger partial charge in [-0.15, -0.1) is 0 Å². The summed E-state index contributed by atoms with van der Waals surface area (Å²) in [7, 11) is 0. The smallest absolute Gasteiger partial charge is 1.00 e. The molecule has 4 aliphatic rings. The minimum Gasteiger partial charge on any atom is -1.00 e. The van der Waals surface area contributed by atoms with Gasteiger partial charge in [-0.25, -0.2) is 0 Å². The zero-order valence-electron chi connectivity index (χ0n) is 39.4. The van der Waals surface area contributed by atoms with Gasteiger partial charge in [-0.3, -0.25) is 0 Å². The third kappa shape index (κ3) is 7.90. The molecule has 60 heavy (non-hydrogen) atoms. The first-order valence-electron chi connectivity index (χ1n) is 22.1. The van der Waals surface area contributed by atoms with Crippen LogP contribution < -0.4 is 24.8 Å². The molecule has 0 N–H and O–H groups in total. The van der Waals surface area contributed by atoms with E-state index >= 15 is 0 Å². The first kappa shape index (κ1) is 46.7. The van der Waals surface area contributed by atoms with Crippen molar-refractivity contribution in [1.29, 1.82) is 0 Å². The van der Waals surface area contributed by atoms with Gasteiger partial charge in [0.1, 0.15) is 0 Å². The van der Waals surface area contributed by atoms with E-state index in [0.717, 1.165) is 6.42 Å². The summed E-state index contributed by atoms with van der Waals surface area (Å²) in [5.41, 5.74) is 22.1. The van der Waals surface area contributed by atoms with Gasteiger partial charge in [-0.1, -0.05) is 0 Å². The Hall–Kier alpha value is -2.83. The Bertz CT molecular complexity index is 2380. The summed E-state index contributed by atoms with van der Waals surface area (Å²) in [6.45, 7) is 38.3. The Morgan fingerprint density at radius 3 is 1.32 bits per heavy atom. The summed E-state index contributed by atoms with van der Waals surface area (Å²) in [6, 6.07) is 30.0. The van der Waals surface area contributed by atoms with E-state index in [2.05, 4.69) is 208 Å². The van der Waals surface area contributed by atoms with E-state index in [1.807, 2.05) is 0 Å². The minimum atomic E-state index is -3.08. The average molecular weight is 915 g/mol. The van der Waals surface area contributed by atoms with Crippen LogP contribution >= 0.6 is 0 Å². The van der Waals surface area contributed by atoms with Crippen LogP contribution in [-0.4, -0.2) is 3.21 Å². The molecular weight excluding hydrogens is 847 g/mol. The van der Waals surface area contributed by atoms with Crippen molar-refractivity contribution >= 4 is 14.4 Å². The average Bonchev–Trinajstić information content (AvgIpc) is 3.85. The second kappa shape index (κ2) is 15.8. The Balaban J connectivity index is 0.00000302. The molecule has 0 fully saturated rings. The van der Waals surface area contributed by atoms with Crippen LogP contribution in [0.15, 0.2) is 106 Å². The number of allylic oxidation sites excluding steroid dienone is 8. The molecule has 0 bridgehead atoms. The summed E-state index contributed by atoms with van der Waals surface area (Å²) in [4.78, 5) is 0. The molecular formula is C57H68Cl2Zr. The van der Waals surface area contributed by atoms with Crippen molar-refractivity contribution in [2.24, 2.45) is 22.2 Å². The van der Waals surface area contributed by atoms with Crippen molar-refractivity contribution in [3.05, 3.63) is 162 Å². The molecule has 4 aromatic carbocycles. The molecule has 3 heteroatoms. The van der Waals surface area contributed by atoms with Crippen molar-refractivity contribution in [3.63, 3.8) is 0 Å². The zero-order valence-corrected chi connectivity index (χ0v) is 43.3. The molecule has 1 unspecified atom stereocenters. The first-order valence-corrected chi connectivity index (χ1v) is 26.0. The van der Waals surface area contributed by atoms with Gasteiger partial charge in [-0.05, 0) is 0 Å². The van der Waals surface area contributed by atoms with E-state index in [9.17, 15) is 0 Å². The maximum absolute atomic E-state index is 3.08. The number of hydrogen-bond acceptors (Lipinski definition) is 0. The largest absolute Gasteiger partial charge is 1.00 e. The molecule has 1 atom stereocenters. The second-order valence-electron chi connectivity index (χ2n) is 22.5. The van der Waals surface area contributed by atoms with Gasteiger partial charge in [0.05, 0.1) is 0 Å². The van der Waals surface area contributed by atoms with Crippen LogP contribution in [0.25, 0.3) is 22.3 Å². The van der Waals surface area contributed by atoms with Crippen LogP contribution in [-0.2, 0) is 32.1 Å². The molecule has 4 aromatic rings. The van der Waals surface area contributed by atoms with Gasteiger partial charge in [0.2, 0.25) is 0 Å². The maximum atomic E-state index is 2.73. The van der Waals surface area contributed by atoms with Crippen LogP contribution in [0.3, 0.4) is 0 Å². The number of benzene rings is 4. The van der Waals surface area contributed by atoms with E-state index < -0.39 is 21.3 Å². The minimum absolute atomic E-state index is 0. The van der Waals surface area contributed by atoms with Crippen LogP contribution in [0.5, 0.6) is 0 Å². The van der Waals surface area contributed by atoms with Crippen molar-refractivity contribution in [2.45, 2.75) is 132 Å². The molecule has 0 spiro atoms. The van der Waals surface area contributed by atoms with Gasteiger partial charge in [-0.2, -0.15) is 0 Å². The van der Waals surface area contributed by atoms with Gasteiger partial charge in [0, 0.05) is 0 Å². The van der Waals surface area contributed by atoms with E-state index in [1.165, 1.54) is 72.4 Å². The van der Waals surface area contributed by atoms with Gasteiger partial charge < -0.3 is 24.8 Å². The summed E-state index contributed by atoms with van der Waals surface area (Å²) >= 11 is -3.08. The second-order valence-corrected chi connectivity index (χ2v) is 28.6. The quantitative estimate of drug-likeness (QED) is 0.187. The summed E-state index contributed by atoms with van der Waals surface area (Å²) in [5.74, 6) is 0.446. The molecule has 0 aliphatic heterocycles. The standard InChI is InChI=1S/C31H37.C15H14.C11H17.2ClH.Zr/c1-28(2,3)26-16-30(7,8)24-12-18-11-19-13-25-23(15-21(19)20(18)14-22(24)26)27(29(4,5)6)17-31(25,9)10;1-12-3-7-14(8-4-12)11-15-9-5-13(2)6-10-15;1-5-9-6-7-10(8-9)11(2,3)4;;;/h11-17H,1-10H3;3-10H,1-2H3;7-9H,5H2,1-4H3;2*1H;/q;;;;;+2/p-2. The van der Waals surface area contributed by atoms with Crippen molar-refractivity contribution in [2.75, 3.05) is 0 Å². The predicted molar refractivity (Wildman–Crippen MR) is 250 cm³/mol. The molecule has 0 radical (unpaired) electrons. The van der Waals surface area contributed by atoms with E-state index in [-0.39, 0.29) is 51.9 Å². The first-order chi connectivity index (χ1) is 26.9. The fourth-order valence-electron chi connectivity index (χ4n) is 10.5. The van der Waals surface area contributed by atoms with E-state index in [1.54, 1.807) is 17.6 Å². The van der Waals surface area contributed by atoms with Gasteiger partial charge in [0.25, 0.3) is 0 Å². The fraction of sp³-hybridized carbons (Fsp3) is 0.421. The van der Waals surface area contributed by atoms with Crippen LogP contribution in [0.1, 0.15) is 163 Å².